The molecule has 2 aliphatic carbocycles. The second kappa shape index (κ2) is 7.42. The first kappa shape index (κ1) is 17.6. The van der Waals surface area contributed by atoms with Gasteiger partial charge in [0.05, 0.1) is 5.16 Å². The van der Waals surface area contributed by atoms with Gasteiger partial charge in [-0.1, -0.05) is 24.3 Å². The van der Waals surface area contributed by atoms with Crippen molar-refractivity contribution in [2.45, 2.75) is 51.4 Å². The molecular weight excluding hydrogens is 341 g/mol. The van der Waals surface area contributed by atoms with Crippen LogP contribution in [-0.2, 0) is 0 Å². The average Bonchev–Trinajstić information content (AvgIpc) is 3.50. The fourth-order valence-corrected chi connectivity index (χ4v) is 4.62. The van der Waals surface area contributed by atoms with Crippen molar-refractivity contribution in [3.8, 4) is 11.1 Å². The fourth-order valence-electron chi connectivity index (χ4n) is 4.53. The van der Waals surface area contributed by atoms with E-state index in [4.69, 9.17) is 0 Å². The van der Waals surface area contributed by atoms with Crippen molar-refractivity contribution in [3.05, 3.63) is 53.3 Å². The van der Waals surface area contributed by atoms with Crippen molar-refractivity contribution in [1.82, 2.24) is 0 Å². The number of rotatable bonds is 4. The third-order valence-electron chi connectivity index (χ3n) is 6.19. The molecule has 0 atom stereocenters. The monoisotopic (exact) mass is 365 g/mol. The van der Waals surface area contributed by atoms with E-state index in [0.29, 0.717) is 5.92 Å². The summed E-state index contributed by atoms with van der Waals surface area (Å²) in [6.07, 6.45) is 8.35. The van der Waals surface area contributed by atoms with E-state index in [0.717, 1.165) is 28.5 Å². The van der Waals surface area contributed by atoms with Crippen LogP contribution in [0.3, 0.4) is 0 Å². The van der Waals surface area contributed by atoms with Crippen LogP contribution in [0.25, 0.3) is 11.1 Å². The first-order valence-electron chi connectivity index (χ1n) is 9.64. The molecule has 26 heavy (non-hydrogen) atoms. The molecule has 2 saturated carbocycles. The Morgan fingerprint density at radius 2 is 1.54 bits per heavy atom. The van der Waals surface area contributed by atoms with Crippen LogP contribution >= 0.6 is 12.2 Å². The Kier molecular flexibility index (Phi) is 5.02. The maximum atomic E-state index is 14.3. The summed E-state index contributed by atoms with van der Waals surface area (Å²) in [6.45, 7) is 1.85. The highest BCUT2D eigenvalue weighted by Crippen LogP contribution is 2.47. The normalized spacial score (nSPS) is 22.7. The summed E-state index contributed by atoms with van der Waals surface area (Å²) in [6, 6.07) is 12.2. The average molecular weight is 366 g/mol. The molecule has 0 radical (unpaired) electrons. The van der Waals surface area contributed by atoms with Crippen LogP contribution in [0.15, 0.2) is 41.4 Å². The summed E-state index contributed by atoms with van der Waals surface area (Å²) in [5, 5.41) is 2.25. The van der Waals surface area contributed by atoms with Gasteiger partial charge in [-0.15, -0.1) is 0 Å². The standard InChI is InChI=1S/C23H24FNS/c1-15-12-21(13-22(24)23(15)25-14-26)20-10-8-19(9-11-20)18-6-4-17(5-7-18)16-2-3-16/h8-13,16-18H,2-7H2,1H3. The Bertz CT molecular complexity index is 816. The molecule has 0 unspecified atom stereocenters. The molecule has 2 fully saturated rings. The van der Waals surface area contributed by atoms with Crippen LogP contribution in [0.4, 0.5) is 10.1 Å². The predicted octanol–water partition coefficient (Wildman–Crippen LogP) is 7.22. The Balaban J connectivity index is 1.50. The lowest BCUT2D eigenvalue weighted by Crippen LogP contribution is -2.14. The van der Waals surface area contributed by atoms with Crippen LogP contribution in [0.1, 0.15) is 55.6 Å². The zero-order valence-corrected chi connectivity index (χ0v) is 16.0. The van der Waals surface area contributed by atoms with E-state index in [1.807, 2.05) is 13.0 Å². The topological polar surface area (TPSA) is 12.4 Å². The summed E-state index contributed by atoms with van der Waals surface area (Å²) < 4.78 is 14.3. The lowest BCUT2D eigenvalue weighted by Gasteiger charge is -2.29. The Hall–Kier alpha value is -1.83. The van der Waals surface area contributed by atoms with Gasteiger partial charge in [0, 0.05) is 0 Å². The number of benzene rings is 2. The van der Waals surface area contributed by atoms with Crippen molar-refractivity contribution in [2.24, 2.45) is 16.8 Å². The van der Waals surface area contributed by atoms with E-state index in [1.54, 1.807) is 0 Å². The van der Waals surface area contributed by atoms with E-state index in [2.05, 4.69) is 46.6 Å². The highest BCUT2D eigenvalue weighted by atomic mass is 32.1. The van der Waals surface area contributed by atoms with E-state index in [9.17, 15) is 4.39 Å². The van der Waals surface area contributed by atoms with E-state index < -0.39 is 0 Å². The Morgan fingerprint density at radius 1 is 0.923 bits per heavy atom. The molecule has 0 amide bonds. The number of hydrogen-bond acceptors (Lipinski definition) is 2. The van der Waals surface area contributed by atoms with Crippen LogP contribution < -0.4 is 0 Å². The molecule has 134 valence electrons. The van der Waals surface area contributed by atoms with Gasteiger partial charge >= 0.3 is 0 Å². The fraction of sp³-hybridized carbons (Fsp3) is 0.435. The number of thiocarbonyl (C=S) groups is 1. The van der Waals surface area contributed by atoms with Crippen molar-refractivity contribution >= 4 is 23.1 Å². The van der Waals surface area contributed by atoms with Gasteiger partial charge in [0.1, 0.15) is 5.69 Å². The third-order valence-corrected chi connectivity index (χ3v) is 6.28. The van der Waals surface area contributed by atoms with Crippen LogP contribution in [-0.4, -0.2) is 5.16 Å². The Morgan fingerprint density at radius 3 is 2.08 bits per heavy atom. The maximum absolute atomic E-state index is 14.3. The minimum atomic E-state index is -0.347. The number of hydrogen-bond donors (Lipinski definition) is 0. The molecule has 0 saturated heterocycles. The summed E-state index contributed by atoms with van der Waals surface area (Å²) in [4.78, 5) is 3.83. The molecule has 2 aromatic carbocycles. The molecule has 0 spiro atoms. The number of halogens is 1. The minimum absolute atomic E-state index is 0.285. The molecule has 0 aliphatic heterocycles. The van der Waals surface area contributed by atoms with Gasteiger partial charge in [0.15, 0.2) is 5.82 Å². The molecule has 4 rings (SSSR count). The quantitative estimate of drug-likeness (QED) is 0.411. The lowest BCUT2D eigenvalue weighted by atomic mass is 9.77. The zero-order valence-electron chi connectivity index (χ0n) is 15.2. The van der Waals surface area contributed by atoms with Crippen molar-refractivity contribution in [2.75, 3.05) is 0 Å². The third kappa shape index (κ3) is 3.65. The summed E-state index contributed by atoms with van der Waals surface area (Å²) in [5.41, 5.74) is 4.42. The highest BCUT2D eigenvalue weighted by molar-refractivity contribution is 7.78. The van der Waals surface area contributed by atoms with Gasteiger partial charge in [-0.3, -0.25) is 0 Å². The molecule has 2 aromatic rings. The van der Waals surface area contributed by atoms with E-state index in [1.165, 1.54) is 50.2 Å². The Labute approximate surface area is 160 Å². The second-order valence-electron chi connectivity index (χ2n) is 7.90. The molecule has 0 bridgehead atoms. The molecule has 2 aliphatic rings. The van der Waals surface area contributed by atoms with Gasteiger partial charge in [-0.05, 0) is 110 Å². The van der Waals surface area contributed by atoms with Crippen molar-refractivity contribution in [1.29, 1.82) is 0 Å². The molecule has 3 heteroatoms. The van der Waals surface area contributed by atoms with Gasteiger partial charge in [0.2, 0.25) is 0 Å². The number of nitrogens with zero attached hydrogens (tertiary/aromatic N) is 1. The van der Waals surface area contributed by atoms with Gasteiger partial charge in [-0.2, -0.15) is 4.99 Å². The first-order valence-corrected chi connectivity index (χ1v) is 10.0. The van der Waals surface area contributed by atoms with Crippen LogP contribution in [0, 0.1) is 24.6 Å². The van der Waals surface area contributed by atoms with Gasteiger partial charge in [0.25, 0.3) is 0 Å². The zero-order chi connectivity index (χ0) is 18.1. The van der Waals surface area contributed by atoms with Gasteiger partial charge < -0.3 is 0 Å². The van der Waals surface area contributed by atoms with E-state index in [-0.39, 0.29) is 11.5 Å². The minimum Gasteiger partial charge on any atom is -0.205 e. The van der Waals surface area contributed by atoms with Crippen molar-refractivity contribution in [3.63, 3.8) is 0 Å². The predicted molar refractivity (Wildman–Crippen MR) is 109 cm³/mol. The highest BCUT2D eigenvalue weighted by Gasteiger charge is 2.34. The smallest absolute Gasteiger partial charge is 0.150 e. The summed E-state index contributed by atoms with van der Waals surface area (Å²) >= 11 is 4.60. The SMILES string of the molecule is Cc1cc(-c2ccc(C3CCC(C4CC4)CC3)cc2)cc(F)c1N=C=S. The first-order chi connectivity index (χ1) is 12.7. The van der Waals surface area contributed by atoms with Crippen LogP contribution in [0.5, 0.6) is 0 Å². The summed E-state index contributed by atoms with van der Waals surface area (Å²) in [5.74, 6) is 2.38. The maximum Gasteiger partial charge on any atom is 0.150 e. The number of aliphatic imine (C=N–C) groups is 1. The summed E-state index contributed by atoms with van der Waals surface area (Å²) in [7, 11) is 0. The second-order valence-corrected chi connectivity index (χ2v) is 8.08. The molecule has 0 heterocycles. The number of aryl methyl sites for hydroxylation is 1. The molecular formula is C23H24FNS. The lowest BCUT2D eigenvalue weighted by molar-refractivity contribution is 0.296. The van der Waals surface area contributed by atoms with Crippen molar-refractivity contribution < 1.29 is 4.39 Å². The molecule has 0 aromatic heterocycles. The molecule has 0 N–H and O–H groups in total. The van der Waals surface area contributed by atoms with Crippen LogP contribution in [0.2, 0.25) is 0 Å². The van der Waals surface area contributed by atoms with Gasteiger partial charge in [-0.25, -0.2) is 4.39 Å². The van der Waals surface area contributed by atoms with E-state index >= 15 is 0 Å². The largest absolute Gasteiger partial charge is 0.205 e. The number of isothiocyanates is 1. The molecule has 1 nitrogen and oxygen atoms in total.